The van der Waals surface area contributed by atoms with Gasteiger partial charge in [0.25, 0.3) is 0 Å². The standard InChI is InChI=1S/C17H26NO2/c1-4-17(19)20-14-10-9-13-18(3,5-2)15-16-11-7-6-8-12-16/h4,6-8,11-12H,1,5,9-10,13-15H2,2-3H3/q+1. The van der Waals surface area contributed by atoms with E-state index in [0.717, 1.165) is 37.0 Å². The number of unbranched alkanes of at least 4 members (excludes halogenated alkanes) is 1. The Morgan fingerprint density at radius 1 is 1.30 bits per heavy atom. The van der Waals surface area contributed by atoms with Crippen LogP contribution in [0.5, 0.6) is 0 Å². The van der Waals surface area contributed by atoms with Crippen molar-refractivity contribution in [2.75, 3.05) is 26.7 Å². The van der Waals surface area contributed by atoms with Gasteiger partial charge in [-0.2, -0.15) is 0 Å². The van der Waals surface area contributed by atoms with Gasteiger partial charge in [-0.05, 0) is 19.8 Å². The summed E-state index contributed by atoms with van der Waals surface area (Å²) in [5, 5.41) is 0. The molecule has 0 saturated carbocycles. The van der Waals surface area contributed by atoms with Crippen LogP contribution >= 0.6 is 0 Å². The number of hydrogen-bond acceptors (Lipinski definition) is 2. The van der Waals surface area contributed by atoms with E-state index < -0.39 is 0 Å². The van der Waals surface area contributed by atoms with E-state index in [9.17, 15) is 4.79 Å². The minimum Gasteiger partial charge on any atom is -0.463 e. The van der Waals surface area contributed by atoms with E-state index >= 15 is 0 Å². The van der Waals surface area contributed by atoms with Crippen molar-refractivity contribution in [2.45, 2.75) is 26.3 Å². The molecule has 0 amide bonds. The molecular formula is C17H26NO2+. The Kier molecular flexibility index (Phi) is 7.02. The SMILES string of the molecule is C=CC(=O)OCCCC[N+](C)(CC)Cc1ccccc1. The molecule has 0 saturated heterocycles. The molecule has 0 N–H and O–H groups in total. The first kappa shape index (κ1) is 16.4. The van der Waals surface area contributed by atoms with Crippen LogP contribution in [0.2, 0.25) is 0 Å². The fraction of sp³-hybridized carbons (Fsp3) is 0.471. The van der Waals surface area contributed by atoms with E-state index in [4.69, 9.17) is 4.74 Å². The van der Waals surface area contributed by atoms with Crippen molar-refractivity contribution in [3.8, 4) is 0 Å². The van der Waals surface area contributed by atoms with Gasteiger partial charge in [-0.3, -0.25) is 0 Å². The smallest absolute Gasteiger partial charge is 0.330 e. The maximum atomic E-state index is 10.9. The first-order valence-corrected chi connectivity index (χ1v) is 7.26. The number of hydrogen-bond donors (Lipinski definition) is 0. The number of carbonyl (C=O) groups excluding carboxylic acids is 1. The lowest BCUT2D eigenvalue weighted by atomic mass is 10.1. The summed E-state index contributed by atoms with van der Waals surface area (Å²) in [6.45, 7) is 9.33. The van der Waals surface area contributed by atoms with E-state index in [1.54, 1.807) is 0 Å². The Balaban J connectivity index is 2.34. The third-order valence-corrected chi connectivity index (χ3v) is 3.67. The van der Waals surface area contributed by atoms with E-state index in [0.29, 0.717) is 6.61 Å². The van der Waals surface area contributed by atoms with Gasteiger partial charge in [-0.25, -0.2) is 4.79 Å². The Hall–Kier alpha value is -1.61. The Bertz CT molecular complexity index is 416. The minimum atomic E-state index is -0.331. The molecule has 1 unspecified atom stereocenters. The van der Waals surface area contributed by atoms with Crippen molar-refractivity contribution < 1.29 is 14.0 Å². The zero-order chi connectivity index (χ0) is 14.8. The Labute approximate surface area is 122 Å². The molecule has 1 atom stereocenters. The summed E-state index contributed by atoms with van der Waals surface area (Å²) >= 11 is 0. The van der Waals surface area contributed by atoms with Crippen molar-refractivity contribution in [1.29, 1.82) is 0 Å². The van der Waals surface area contributed by atoms with Crippen LogP contribution in [0, 0.1) is 0 Å². The zero-order valence-corrected chi connectivity index (χ0v) is 12.7. The predicted molar refractivity (Wildman–Crippen MR) is 82.1 cm³/mol. The lowest BCUT2D eigenvalue weighted by molar-refractivity contribution is -0.921. The third-order valence-electron chi connectivity index (χ3n) is 3.67. The minimum absolute atomic E-state index is 0.331. The highest BCUT2D eigenvalue weighted by molar-refractivity contribution is 5.81. The molecule has 20 heavy (non-hydrogen) atoms. The highest BCUT2D eigenvalue weighted by Crippen LogP contribution is 2.13. The Morgan fingerprint density at radius 3 is 2.60 bits per heavy atom. The van der Waals surface area contributed by atoms with Gasteiger partial charge >= 0.3 is 5.97 Å². The van der Waals surface area contributed by atoms with Crippen molar-refractivity contribution in [1.82, 2.24) is 0 Å². The number of esters is 1. The number of quaternary nitrogens is 1. The topological polar surface area (TPSA) is 26.3 Å². The average molecular weight is 276 g/mol. The molecule has 0 bridgehead atoms. The summed E-state index contributed by atoms with van der Waals surface area (Å²) in [5.41, 5.74) is 1.37. The van der Waals surface area contributed by atoms with Gasteiger partial charge in [-0.1, -0.05) is 36.9 Å². The highest BCUT2D eigenvalue weighted by atomic mass is 16.5. The normalized spacial score (nSPS) is 13.5. The molecule has 1 aromatic rings. The molecule has 0 aromatic heterocycles. The van der Waals surface area contributed by atoms with Gasteiger partial charge in [0.05, 0.1) is 26.7 Å². The quantitative estimate of drug-likeness (QED) is 0.300. The molecule has 1 rings (SSSR count). The fourth-order valence-corrected chi connectivity index (χ4v) is 2.20. The lowest BCUT2D eigenvalue weighted by Crippen LogP contribution is -2.43. The summed E-state index contributed by atoms with van der Waals surface area (Å²) in [6.07, 6.45) is 3.17. The van der Waals surface area contributed by atoms with Crippen LogP contribution < -0.4 is 0 Å². The summed E-state index contributed by atoms with van der Waals surface area (Å²) < 4.78 is 6.01. The largest absolute Gasteiger partial charge is 0.463 e. The molecule has 1 aromatic carbocycles. The molecule has 0 spiro atoms. The predicted octanol–water partition coefficient (Wildman–Crippen LogP) is 3.16. The molecule has 3 nitrogen and oxygen atoms in total. The molecule has 0 heterocycles. The van der Waals surface area contributed by atoms with Gasteiger partial charge in [0.1, 0.15) is 6.54 Å². The Morgan fingerprint density at radius 2 is 2.00 bits per heavy atom. The van der Waals surface area contributed by atoms with Crippen molar-refractivity contribution in [3.63, 3.8) is 0 Å². The van der Waals surface area contributed by atoms with E-state index in [2.05, 4.69) is 44.8 Å². The second-order valence-electron chi connectivity index (χ2n) is 5.38. The van der Waals surface area contributed by atoms with E-state index in [1.807, 2.05) is 6.07 Å². The molecule has 110 valence electrons. The first-order chi connectivity index (χ1) is 9.59. The van der Waals surface area contributed by atoms with Crippen molar-refractivity contribution >= 4 is 5.97 Å². The summed E-state index contributed by atoms with van der Waals surface area (Å²) in [5.74, 6) is -0.331. The second-order valence-corrected chi connectivity index (χ2v) is 5.38. The van der Waals surface area contributed by atoms with Gasteiger partial charge in [0.15, 0.2) is 0 Å². The average Bonchev–Trinajstić information content (AvgIpc) is 2.47. The van der Waals surface area contributed by atoms with Gasteiger partial charge in [0.2, 0.25) is 0 Å². The summed E-state index contributed by atoms with van der Waals surface area (Å²) in [4.78, 5) is 10.9. The molecule has 0 aliphatic carbocycles. The number of benzene rings is 1. The summed E-state index contributed by atoms with van der Waals surface area (Å²) in [6, 6.07) is 10.6. The van der Waals surface area contributed by atoms with E-state index in [-0.39, 0.29) is 5.97 Å². The fourth-order valence-electron chi connectivity index (χ4n) is 2.20. The van der Waals surface area contributed by atoms with Crippen molar-refractivity contribution in [3.05, 3.63) is 48.6 Å². The molecular weight excluding hydrogens is 250 g/mol. The van der Waals surface area contributed by atoms with Crippen LogP contribution in [0.25, 0.3) is 0 Å². The van der Waals surface area contributed by atoms with Crippen LogP contribution in [0.3, 0.4) is 0 Å². The number of ether oxygens (including phenoxy) is 1. The highest BCUT2D eigenvalue weighted by Gasteiger charge is 2.19. The molecule has 0 radical (unpaired) electrons. The van der Waals surface area contributed by atoms with Crippen LogP contribution in [-0.4, -0.2) is 37.2 Å². The lowest BCUT2D eigenvalue weighted by Gasteiger charge is -2.33. The molecule has 0 aliphatic heterocycles. The number of rotatable bonds is 9. The van der Waals surface area contributed by atoms with Gasteiger partial charge in [-0.15, -0.1) is 0 Å². The molecule has 0 fully saturated rings. The monoisotopic (exact) mass is 276 g/mol. The third kappa shape index (κ3) is 6.02. The molecule has 3 heteroatoms. The van der Waals surface area contributed by atoms with Crippen LogP contribution in [0.1, 0.15) is 25.3 Å². The number of nitrogens with zero attached hydrogens (tertiary/aromatic N) is 1. The van der Waals surface area contributed by atoms with Crippen LogP contribution in [0.4, 0.5) is 0 Å². The number of carbonyl (C=O) groups is 1. The zero-order valence-electron chi connectivity index (χ0n) is 12.7. The van der Waals surface area contributed by atoms with Crippen LogP contribution in [-0.2, 0) is 16.1 Å². The maximum absolute atomic E-state index is 10.9. The van der Waals surface area contributed by atoms with Crippen molar-refractivity contribution in [2.24, 2.45) is 0 Å². The van der Waals surface area contributed by atoms with Crippen LogP contribution in [0.15, 0.2) is 43.0 Å². The first-order valence-electron chi connectivity index (χ1n) is 7.26. The summed E-state index contributed by atoms with van der Waals surface area (Å²) in [7, 11) is 2.28. The van der Waals surface area contributed by atoms with E-state index in [1.165, 1.54) is 11.6 Å². The van der Waals surface area contributed by atoms with Gasteiger partial charge in [0, 0.05) is 11.6 Å². The maximum Gasteiger partial charge on any atom is 0.330 e. The molecule has 0 aliphatic rings. The van der Waals surface area contributed by atoms with Gasteiger partial charge < -0.3 is 9.22 Å². The second kappa shape index (κ2) is 8.54.